The molecule has 0 spiro atoms. The molecule has 2 saturated heterocycles. The van der Waals surface area contributed by atoms with Crippen molar-refractivity contribution in [2.24, 2.45) is 0 Å². The molecule has 7 N–H and O–H groups in total. The molecule has 2 fully saturated rings. The van der Waals surface area contributed by atoms with Crippen molar-refractivity contribution in [2.45, 2.75) is 82.1 Å². The molecule has 0 saturated carbocycles. The Bertz CT molecular complexity index is 1300. The third-order valence-corrected chi connectivity index (χ3v) is 6.94. The molecule has 0 aliphatic carbocycles. The van der Waals surface area contributed by atoms with Gasteiger partial charge < -0.3 is 59.5 Å². The number of hydrogen-bond donors (Lipinski definition) is 7. The summed E-state index contributed by atoms with van der Waals surface area (Å²) in [4.78, 5) is 35.7. The van der Waals surface area contributed by atoms with Gasteiger partial charge in [-0.15, -0.1) is 0 Å². The van der Waals surface area contributed by atoms with Crippen LogP contribution < -0.4 is 21.0 Å². The van der Waals surface area contributed by atoms with E-state index >= 15 is 0 Å². The second-order valence-electron chi connectivity index (χ2n) is 10.0. The molecule has 1 aromatic heterocycles. The molecule has 2 amide bonds. The highest BCUT2D eigenvalue weighted by Crippen LogP contribution is 2.31. The number of benzene rings is 1. The largest absolute Gasteiger partial charge is 0.462 e. The highest BCUT2D eigenvalue weighted by atomic mass is 16.7. The van der Waals surface area contributed by atoms with E-state index < -0.39 is 91.9 Å². The van der Waals surface area contributed by atoms with Crippen LogP contribution in [0.2, 0.25) is 0 Å². The fraction of sp³-hybridized carbons (Fsp3) is 0.577. The van der Waals surface area contributed by atoms with Crippen molar-refractivity contribution in [3.8, 4) is 5.75 Å². The van der Waals surface area contributed by atoms with E-state index in [1.165, 1.54) is 19.1 Å². The predicted molar refractivity (Wildman–Crippen MR) is 137 cm³/mol. The molecule has 226 valence electrons. The zero-order chi connectivity index (χ0) is 30.0. The van der Waals surface area contributed by atoms with E-state index in [9.17, 15) is 39.9 Å². The van der Waals surface area contributed by atoms with Gasteiger partial charge in [0.25, 0.3) is 0 Å². The lowest BCUT2D eigenvalue weighted by Gasteiger charge is -2.48. The van der Waals surface area contributed by atoms with Crippen LogP contribution in [0.15, 0.2) is 33.5 Å². The Balaban J connectivity index is 1.61. The van der Waals surface area contributed by atoms with Crippen molar-refractivity contribution in [3.63, 3.8) is 0 Å². The Morgan fingerprint density at radius 1 is 0.878 bits per heavy atom. The number of amides is 2. The molecule has 3 heterocycles. The normalized spacial score (nSPS) is 33.8. The zero-order valence-electron chi connectivity index (χ0n) is 22.5. The Labute approximate surface area is 233 Å². The van der Waals surface area contributed by atoms with E-state index in [2.05, 4.69) is 10.6 Å². The maximum absolute atomic E-state index is 12.1. The molecule has 2 aliphatic heterocycles. The van der Waals surface area contributed by atoms with E-state index in [4.69, 9.17) is 23.4 Å². The molecule has 10 atom stereocenters. The maximum atomic E-state index is 12.1. The van der Waals surface area contributed by atoms with Gasteiger partial charge in [0.05, 0.1) is 13.2 Å². The van der Waals surface area contributed by atoms with Crippen LogP contribution >= 0.6 is 0 Å². The highest BCUT2D eigenvalue weighted by molar-refractivity contribution is 5.81. The van der Waals surface area contributed by atoms with Crippen molar-refractivity contribution in [2.75, 3.05) is 13.2 Å². The molecule has 2 aromatic rings. The predicted octanol–water partition coefficient (Wildman–Crippen LogP) is -2.61. The van der Waals surface area contributed by atoms with Crippen LogP contribution in [-0.2, 0) is 23.8 Å². The number of aryl methyl sites for hydroxylation is 1. The van der Waals surface area contributed by atoms with Crippen molar-refractivity contribution in [1.29, 1.82) is 0 Å². The first-order valence-corrected chi connectivity index (χ1v) is 12.9. The van der Waals surface area contributed by atoms with Crippen LogP contribution in [0.4, 0.5) is 0 Å². The van der Waals surface area contributed by atoms with E-state index in [0.717, 1.165) is 6.92 Å². The van der Waals surface area contributed by atoms with Gasteiger partial charge in [0, 0.05) is 31.4 Å². The van der Waals surface area contributed by atoms with Gasteiger partial charge in [0.2, 0.25) is 18.1 Å². The Hall–Kier alpha value is -3.15. The van der Waals surface area contributed by atoms with E-state index in [-0.39, 0.29) is 11.3 Å². The van der Waals surface area contributed by atoms with Crippen LogP contribution in [0.5, 0.6) is 5.75 Å². The summed E-state index contributed by atoms with van der Waals surface area (Å²) < 4.78 is 28.5. The molecule has 4 rings (SSSR count). The number of nitrogens with one attached hydrogen (secondary N) is 2. The monoisotopic (exact) mass is 582 g/mol. The van der Waals surface area contributed by atoms with Gasteiger partial charge >= 0.3 is 5.63 Å². The Morgan fingerprint density at radius 2 is 1.49 bits per heavy atom. The van der Waals surface area contributed by atoms with Gasteiger partial charge in [0.1, 0.15) is 60.0 Å². The van der Waals surface area contributed by atoms with Crippen LogP contribution in [0.1, 0.15) is 19.4 Å². The second kappa shape index (κ2) is 12.8. The molecule has 15 heteroatoms. The van der Waals surface area contributed by atoms with Crippen LogP contribution in [0, 0.1) is 6.92 Å². The topological polar surface area (TPSA) is 226 Å². The summed E-state index contributed by atoms with van der Waals surface area (Å²) in [6.45, 7) is 2.71. The molecule has 2 aliphatic rings. The zero-order valence-corrected chi connectivity index (χ0v) is 22.5. The Morgan fingerprint density at radius 3 is 2.10 bits per heavy atom. The van der Waals surface area contributed by atoms with E-state index in [0.29, 0.717) is 10.9 Å². The number of aliphatic hydroxyl groups excluding tert-OH is 5. The number of carbonyl (C=O) groups is 2. The van der Waals surface area contributed by atoms with Crippen molar-refractivity contribution >= 4 is 22.8 Å². The van der Waals surface area contributed by atoms with Crippen LogP contribution in [-0.4, -0.2) is 112 Å². The van der Waals surface area contributed by atoms with Gasteiger partial charge in [-0.2, -0.15) is 0 Å². The van der Waals surface area contributed by atoms with Gasteiger partial charge in [-0.05, 0) is 24.6 Å². The molecule has 0 radical (unpaired) electrons. The summed E-state index contributed by atoms with van der Waals surface area (Å²) in [5.74, 6) is -0.985. The first-order valence-electron chi connectivity index (χ1n) is 12.9. The SMILES string of the molecule is CC(=O)N[C@H]1[C@H](O[C@H]2[C@@H](O)[C@@H](NC(C)=O)[C@H](Oc3ccc4c(C)cc(=O)oc4c3)O[C@@H]2CO)O[C@@H](CO)[C@@H](O)[C@H]1O. The number of fused-ring (bicyclic) bond motifs is 1. The summed E-state index contributed by atoms with van der Waals surface area (Å²) in [6.07, 6.45) is -11.7. The number of rotatable bonds is 8. The highest BCUT2D eigenvalue weighted by Gasteiger charge is 2.52. The molecule has 41 heavy (non-hydrogen) atoms. The number of hydrogen-bond acceptors (Lipinski definition) is 13. The summed E-state index contributed by atoms with van der Waals surface area (Å²) in [5, 5.41) is 57.5. The minimum absolute atomic E-state index is 0.166. The maximum Gasteiger partial charge on any atom is 0.336 e. The quantitative estimate of drug-likeness (QED) is 0.159. The molecule has 15 nitrogen and oxygen atoms in total. The van der Waals surface area contributed by atoms with Crippen molar-refractivity contribution < 1.29 is 58.5 Å². The first-order chi connectivity index (χ1) is 19.4. The van der Waals surface area contributed by atoms with Gasteiger partial charge in [-0.3, -0.25) is 9.59 Å². The van der Waals surface area contributed by atoms with Crippen molar-refractivity contribution in [1.82, 2.24) is 10.6 Å². The van der Waals surface area contributed by atoms with Gasteiger partial charge in [-0.1, -0.05) is 0 Å². The number of ether oxygens (including phenoxy) is 4. The van der Waals surface area contributed by atoms with Crippen molar-refractivity contribution in [3.05, 3.63) is 40.2 Å². The van der Waals surface area contributed by atoms with Gasteiger partial charge in [-0.25, -0.2) is 4.79 Å². The first kappa shape index (κ1) is 30.8. The van der Waals surface area contributed by atoms with Crippen LogP contribution in [0.25, 0.3) is 11.0 Å². The third-order valence-electron chi connectivity index (χ3n) is 6.94. The fourth-order valence-corrected chi connectivity index (χ4v) is 4.98. The number of carbonyl (C=O) groups excluding carboxylic acids is 2. The minimum atomic E-state index is -1.62. The summed E-state index contributed by atoms with van der Waals surface area (Å²) >= 11 is 0. The third kappa shape index (κ3) is 6.68. The standard InChI is InChI=1S/C26H34N2O13/c1-10-6-18(33)38-15-7-13(4-5-14(10)15)37-25-20(28-12(3)32)23(36)24(17(9-30)40-25)41-26-19(27-11(2)31)22(35)21(34)16(8-29)39-26/h4-7,16-17,19-26,29-30,34-36H,8-9H2,1-3H3,(H,27,31)(H,28,32)/t16-,17+,19+,20+,21+,22-,23-,24+,25+,26-/m0/s1. The summed E-state index contributed by atoms with van der Waals surface area (Å²) in [7, 11) is 0. The average Bonchev–Trinajstić information content (AvgIpc) is 2.90. The fourth-order valence-electron chi connectivity index (χ4n) is 4.98. The molecular weight excluding hydrogens is 548 g/mol. The molecule has 0 bridgehead atoms. The Kier molecular flexibility index (Phi) is 9.61. The average molecular weight is 583 g/mol. The summed E-state index contributed by atoms with van der Waals surface area (Å²) in [5.41, 5.74) is 0.362. The lowest BCUT2D eigenvalue weighted by molar-refractivity contribution is -0.325. The van der Waals surface area contributed by atoms with E-state index in [1.54, 1.807) is 19.1 Å². The van der Waals surface area contributed by atoms with Crippen LogP contribution in [0.3, 0.4) is 0 Å². The second-order valence-corrected chi connectivity index (χ2v) is 10.0. The van der Waals surface area contributed by atoms with E-state index in [1.807, 2.05) is 0 Å². The lowest BCUT2D eigenvalue weighted by atomic mass is 9.94. The lowest BCUT2D eigenvalue weighted by Crippen LogP contribution is -2.69. The smallest absolute Gasteiger partial charge is 0.336 e. The molecular formula is C26H34N2O13. The molecule has 0 unspecified atom stereocenters. The minimum Gasteiger partial charge on any atom is -0.462 e. The number of aliphatic hydroxyl groups is 5. The molecule has 1 aromatic carbocycles. The van der Waals surface area contributed by atoms with Gasteiger partial charge in [0.15, 0.2) is 6.29 Å². The summed E-state index contributed by atoms with van der Waals surface area (Å²) in [6, 6.07) is 3.41.